The minimum absolute atomic E-state index is 0.108. The summed E-state index contributed by atoms with van der Waals surface area (Å²) in [7, 11) is 0. The predicted octanol–water partition coefficient (Wildman–Crippen LogP) is 1.71. The van der Waals surface area contributed by atoms with Crippen LogP contribution >= 0.6 is 0 Å². The first-order valence-corrected chi connectivity index (χ1v) is 6.23. The van der Waals surface area contributed by atoms with Crippen LogP contribution in [-0.2, 0) is 15.1 Å². The molecule has 0 bridgehead atoms. The van der Waals surface area contributed by atoms with Crippen LogP contribution in [0.2, 0.25) is 0 Å². The van der Waals surface area contributed by atoms with E-state index in [1.54, 1.807) is 0 Å². The van der Waals surface area contributed by atoms with Gasteiger partial charge in [-0.05, 0) is 12.5 Å². The smallest absolute Gasteiger partial charge is 0.305 e. The average molecular weight is 249 g/mol. The second-order valence-electron chi connectivity index (χ2n) is 4.81. The number of carbonyl (C=O) groups is 1. The van der Waals surface area contributed by atoms with E-state index in [0.717, 1.165) is 18.7 Å². The number of hydrogen-bond donors (Lipinski definition) is 1. The summed E-state index contributed by atoms with van der Waals surface area (Å²) in [4.78, 5) is 13.4. The van der Waals surface area contributed by atoms with Gasteiger partial charge in [0.05, 0.1) is 25.2 Å². The highest BCUT2D eigenvalue weighted by Gasteiger charge is 2.36. The van der Waals surface area contributed by atoms with Gasteiger partial charge in [0.15, 0.2) is 0 Å². The van der Waals surface area contributed by atoms with Gasteiger partial charge in [0.25, 0.3) is 0 Å². The number of ether oxygens (including phenoxy) is 1. The summed E-state index contributed by atoms with van der Waals surface area (Å²) >= 11 is 0. The first kappa shape index (κ1) is 13.1. The van der Waals surface area contributed by atoms with Crippen LogP contribution in [-0.4, -0.2) is 42.3 Å². The second-order valence-corrected chi connectivity index (χ2v) is 4.81. The van der Waals surface area contributed by atoms with Crippen LogP contribution in [0.15, 0.2) is 30.3 Å². The maximum Gasteiger partial charge on any atom is 0.305 e. The number of benzene rings is 1. The van der Waals surface area contributed by atoms with Crippen molar-refractivity contribution >= 4 is 5.97 Å². The van der Waals surface area contributed by atoms with Gasteiger partial charge >= 0.3 is 5.97 Å². The molecule has 0 saturated carbocycles. The maximum atomic E-state index is 11.2. The van der Waals surface area contributed by atoms with Gasteiger partial charge < -0.3 is 9.84 Å². The molecule has 2 rings (SSSR count). The maximum absolute atomic E-state index is 11.2. The van der Waals surface area contributed by atoms with E-state index in [-0.39, 0.29) is 6.42 Å². The molecule has 0 spiro atoms. The topological polar surface area (TPSA) is 49.8 Å². The van der Waals surface area contributed by atoms with Crippen molar-refractivity contribution in [3.8, 4) is 0 Å². The largest absolute Gasteiger partial charge is 0.481 e. The monoisotopic (exact) mass is 249 g/mol. The molecule has 4 heteroatoms. The molecule has 1 atom stereocenters. The lowest BCUT2D eigenvalue weighted by Gasteiger charge is -2.43. The molecule has 1 aliphatic heterocycles. The van der Waals surface area contributed by atoms with Gasteiger partial charge in [-0.3, -0.25) is 9.69 Å². The van der Waals surface area contributed by atoms with Crippen molar-refractivity contribution in [2.75, 3.05) is 26.3 Å². The fourth-order valence-electron chi connectivity index (χ4n) is 2.54. The zero-order chi connectivity index (χ0) is 13.0. The van der Waals surface area contributed by atoms with Crippen LogP contribution < -0.4 is 0 Å². The predicted molar refractivity (Wildman–Crippen MR) is 68.4 cm³/mol. The Hall–Kier alpha value is -1.39. The lowest BCUT2D eigenvalue weighted by molar-refractivity contribution is -0.141. The summed E-state index contributed by atoms with van der Waals surface area (Å²) in [6.45, 7) is 4.89. The summed E-state index contributed by atoms with van der Waals surface area (Å²) in [6.07, 6.45) is 0.108. The molecule has 98 valence electrons. The zero-order valence-corrected chi connectivity index (χ0v) is 10.6. The highest BCUT2D eigenvalue weighted by molar-refractivity contribution is 5.68. The summed E-state index contributed by atoms with van der Waals surface area (Å²) in [5, 5.41) is 9.18. The van der Waals surface area contributed by atoms with Crippen molar-refractivity contribution in [3.63, 3.8) is 0 Å². The first-order valence-electron chi connectivity index (χ1n) is 6.23. The van der Waals surface area contributed by atoms with Crippen LogP contribution in [0.4, 0.5) is 0 Å². The number of morpholine rings is 1. The number of nitrogens with zero attached hydrogens (tertiary/aromatic N) is 1. The number of carboxylic acids is 1. The summed E-state index contributed by atoms with van der Waals surface area (Å²) in [5.74, 6) is -0.771. The van der Waals surface area contributed by atoms with Crippen LogP contribution in [0.3, 0.4) is 0 Å². The molecule has 1 unspecified atom stereocenters. The van der Waals surface area contributed by atoms with Gasteiger partial charge in [-0.2, -0.15) is 0 Å². The highest BCUT2D eigenvalue weighted by atomic mass is 16.5. The zero-order valence-electron chi connectivity index (χ0n) is 10.6. The van der Waals surface area contributed by atoms with E-state index in [4.69, 9.17) is 4.74 Å². The van der Waals surface area contributed by atoms with Gasteiger partial charge in [0.1, 0.15) is 0 Å². The number of rotatable bonds is 4. The molecule has 1 aliphatic rings. The molecule has 1 fully saturated rings. The van der Waals surface area contributed by atoms with E-state index >= 15 is 0 Å². The fraction of sp³-hybridized carbons (Fsp3) is 0.500. The molecule has 1 heterocycles. The van der Waals surface area contributed by atoms with Crippen molar-refractivity contribution in [2.24, 2.45) is 0 Å². The Balaban J connectivity index is 2.30. The minimum Gasteiger partial charge on any atom is -0.481 e. The lowest BCUT2D eigenvalue weighted by Crippen LogP contribution is -2.50. The van der Waals surface area contributed by atoms with Crippen LogP contribution in [0, 0.1) is 0 Å². The minimum atomic E-state index is -0.771. The summed E-state index contributed by atoms with van der Waals surface area (Å²) in [6, 6.07) is 9.85. The summed E-state index contributed by atoms with van der Waals surface area (Å²) in [5.41, 5.74) is 0.589. The molecule has 0 amide bonds. The van der Waals surface area contributed by atoms with Gasteiger partial charge in [-0.1, -0.05) is 30.3 Å². The molecular weight excluding hydrogens is 230 g/mol. The van der Waals surface area contributed by atoms with Crippen LogP contribution in [0.1, 0.15) is 18.9 Å². The molecular formula is C14H19NO3. The first-order chi connectivity index (χ1) is 8.63. The van der Waals surface area contributed by atoms with E-state index in [0.29, 0.717) is 13.2 Å². The molecule has 0 aromatic heterocycles. The molecule has 1 saturated heterocycles. The van der Waals surface area contributed by atoms with E-state index in [1.807, 2.05) is 37.3 Å². The Morgan fingerprint density at radius 1 is 1.33 bits per heavy atom. The normalized spacial score (nSPS) is 20.3. The SMILES string of the molecule is CC(CC(=O)O)(c1ccccc1)N1CCOCC1. The average Bonchev–Trinajstić information content (AvgIpc) is 2.40. The second kappa shape index (κ2) is 5.50. The van der Waals surface area contributed by atoms with Gasteiger partial charge in [-0.25, -0.2) is 0 Å². The number of carboxylic acid groups (broad SMARTS) is 1. The number of aliphatic carboxylic acids is 1. The Morgan fingerprint density at radius 3 is 2.50 bits per heavy atom. The van der Waals surface area contributed by atoms with E-state index in [9.17, 15) is 9.90 Å². The molecule has 0 radical (unpaired) electrons. The van der Waals surface area contributed by atoms with Gasteiger partial charge in [0, 0.05) is 13.1 Å². The van der Waals surface area contributed by atoms with Gasteiger partial charge in [-0.15, -0.1) is 0 Å². The molecule has 1 N–H and O–H groups in total. The third-order valence-corrected chi connectivity index (χ3v) is 3.60. The summed E-state index contributed by atoms with van der Waals surface area (Å²) < 4.78 is 5.35. The van der Waals surface area contributed by atoms with Gasteiger partial charge in [0.2, 0.25) is 0 Å². The molecule has 18 heavy (non-hydrogen) atoms. The Morgan fingerprint density at radius 2 is 1.94 bits per heavy atom. The van der Waals surface area contributed by atoms with Crippen molar-refractivity contribution in [2.45, 2.75) is 18.9 Å². The highest BCUT2D eigenvalue weighted by Crippen LogP contribution is 2.32. The van der Waals surface area contributed by atoms with Crippen molar-refractivity contribution < 1.29 is 14.6 Å². The molecule has 1 aromatic carbocycles. The molecule has 4 nitrogen and oxygen atoms in total. The molecule has 1 aromatic rings. The Kier molecular flexibility index (Phi) is 3.99. The van der Waals surface area contributed by atoms with Crippen LogP contribution in [0.25, 0.3) is 0 Å². The quantitative estimate of drug-likeness (QED) is 0.882. The lowest BCUT2D eigenvalue weighted by atomic mass is 9.86. The van der Waals surface area contributed by atoms with Crippen LogP contribution in [0.5, 0.6) is 0 Å². The molecule has 0 aliphatic carbocycles. The third-order valence-electron chi connectivity index (χ3n) is 3.60. The van der Waals surface area contributed by atoms with Crippen molar-refractivity contribution in [1.29, 1.82) is 0 Å². The van der Waals surface area contributed by atoms with Crippen molar-refractivity contribution in [1.82, 2.24) is 4.90 Å². The number of hydrogen-bond acceptors (Lipinski definition) is 3. The fourth-order valence-corrected chi connectivity index (χ4v) is 2.54. The Bertz CT molecular complexity index is 401. The van der Waals surface area contributed by atoms with E-state index < -0.39 is 11.5 Å². The van der Waals surface area contributed by atoms with E-state index in [2.05, 4.69) is 4.90 Å². The third kappa shape index (κ3) is 2.71. The van der Waals surface area contributed by atoms with Crippen molar-refractivity contribution in [3.05, 3.63) is 35.9 Å². The standard InChI is InChI=1S/C14H19NO3/c1-14(11-13(16)17,12-5-3-2-4-6-12)15-7-9-18-10-8-15/h2-6H,7-11H2,1H3,(H,16,17). The van der Waals surface area contributed by atoms with E-state index in [1.165, 1.54) is 0 Å². The Labute approximate surface area is 107 Å².